The van der Waals surface area contributed by atoms with Crippen LogP contribution in [0.15, 0.2) is 85.1 Å². The molecule has 53 heavy (non-hydrogen) atoms. The lowest BCUT2D eigenvalue weighted by Crippen LogP contribution is -2.56. The maximum atomic E-state index is 13.8. The molecule has 5 aromatic rings. The smallest absolute Gasteiger partial charge is 0.411 e. The van der Waals surface area contributed by atoms with Crippen LogP contribution in [0.1, 0.15) is 43.2 Å². The number of carbonyl (C=O) groups is 5. The van der Waals surface area contributed by atoms with E-state index in [2.05, 4.69) is 25.9 Å². The lowest BCUT2D eigenvalue weighted by molar-refractivity contribution is -0.145. The summed E-state index contributed by atoms with van der Waals surface area (Å²) in [5.41, 5.74) is 4.29. The molecule has 3 heterocycles. The van der Waals surface area contributed by atoms with Gasteiger partial charge in [0.05, 0.1) is 20.2 Å². The average Bonchev–Trinajstić information content (AvgIpc) is 3.72. The molecule has 5 N–H and O–H groups in total. The molecular weight excluding hydrogens is 676 g/mol. The zero-order chi connectivity index (χ0) is 37.7. The first-order valence-corrected chi connectivity index (χ1v) is 17.5. The van der Waals surface area contributed by atoms with Crippen molar-refractivity contribution >= 4 is 51.6 Å². The topological polar surface area (TPSA) is 175 Å². The summed E-state index contributed by atoms with van der Waals surface area (Å²) in [5, 5.41) is 10.1. The lowest BCUT2D eigenvalue weighted by atomic mass is 9.96. The van der Waals surface area contributed by atoms with Gasteiger partial charge in [-0.15, -0.1) is 0 Å². The van der Waals surface area contributed by atoms with Gasteiger partial charge in [-0.3, -0.25) is 19.3 Å². The minimum atomic E-state index is -1.10. The predicted octanol–water partition coefficient (Wildman–Crippen LogP) is 4.06. The Balaban J connectivity index is 1.16. The second kappa shape index (κ2) is 15.6. The van der Waals surface area contributed by atoms with Crippen molar-refractivity contribution in [3.8, 4) is 0 Å². The number of rotatable bonds is 11. The fourth-order valence-electron chi connectivity index (χ4n) is 6.67. The van der Waals surface area contributed by atoms with Crippen LogP contribution in [0.25, 0.3) is 21.8 Å². The summed E-state index contributed by atoms with van der Waals surface area (Å²) in [6, 6.07) is 21.4. The molecule has 0 bridgehead atoms. The molecule has 1 aliphatic rings. The van der Waals surface area contributed by atoms with Gasteiger partial charge >= 0.3 is 12.1 Å². The molecule has 0 spiro atoms. The van der Waals surface area contributed by atoms with E-state index >= 15 is 0 Å². The second-order valence-electron chi connectivity index (χ2n) is 14.1. The molecule has 0 saturated carbocycles. The van der Waals surface area contributed by atoms with E-state index in [4.69, 9.17) is 9.47 Å². The average molecular weight is 721 g/mol. The Hall–Kier alpha value is -6.11. The van der Waals surface area contributed by atoms with E-state index in [1.807, 2.05) is 78.9 Å². The molecule has 3 aromatic carbocycles. The second-order valence-corrected chi connectivity index (χ2v) is 14.1. The van der Waals surface area contributed by atoms with Crippen LogP contribution >= 0.6 is 0 Å². The Morgan fingerprint density at radius 2 is 1.53 bits per heavy atom. The summed E-state index contributed by atoms with van der Waals surface area (Å²) in [4.78, 5) is 75.2. The van der Waals surface area contributed by atoms with Crippen LogP contribution in [0.2, 0.25) is 0 Å². The Labute approximate surface area is 306 Å². The van der Waals surface area contributed by atoms with Gasteiger partial charge in [-0.1, -0.05) is 66.7 Å². The first-order valence-electron chi connectivity index (χ1n) is 17.5. The summed E-state index contributed by atoms with van der Waals surface area (Å²) in [6.07, 6.45) is 1.60. The highest BCUT2D eigenvalue weighted by Gasteiger charge is 2.39. The molecule has 3 atom stereocenters. The number of esters is 1. The van der Waals surface area contributed by atoms with Crippen molar-refractivity contribution < 1.29 is 33.4 Å². The molecule has 276 valence electrons. The Morgan fingerprint density at radius 3 is 2.25 bits per heavy atom. The van der Waals surface area contributed by atoms with E-state index in [1.165, 1.54) is 12.0 Å². The summed E-state index contributed by atoms with van der Waals surface area (Å²) in [5.74, 6) is -2.41. The fourth-order valence-corrected chi connectivity index (χ4v) is 6.67. The Bertz CT molecular complexity index is 2130. The molecule has 4 amide bonds. The van der Waals surface area contributed by atoms with Crippen LogP contribution in [0, 0.1) is 0 Å². The molecule has 0 unspecified atom stereocenters. The van der Waals surface area contributed by atoms with Crippen LogP contribution in [0.5, 0.6) is 0 Å². The minimum absolute atomic E-state index is 0.114. The zero-order valence-electron chi connectivity index (χ0n) is 30.2. The molecule has 0 radical (unpaired) electrons. The molecule has 0 fully saturated rings. The molecule has 1 aliphatic heterocycles. The lowest BCUT2D eigenvalue weighted by Gasteiger charge is -2.35. The SMILES string of the molecule is COC(=O)[C@H](Cc1c[nH]c2ccccc12)NC(=O)[C@H](Cc1ccccc1)NC(=O)CNC(=O)[C@@H]1Cc2c([nH]c3ccccc23)CN1C(=O)OC(C)(C)C. The molecule has 13 nitrogen and oxygen atoms in total. The normalized spacial score (nSPS) is 15.2. The highest BCUT2D eigenvalue weighted by Crippen LogP contribution is 2.31. The third kappa shape index (κ3) is 8.68. The van der Waals surface area contributed by atoms with Crippen LogP contribution in [-0.4, -0.2) is 82.0 Å². The van der Waals surface area contributed by atoms with Gasteiger partial charge in [0.2, 0.25) is 17.7 Å². The Morgan fingerprint density at radius 1 is 0.849 bits per heavy atom. The summed E-state index contributed by atoms with van der Waals surface area (Å²) < 4.78 is 10.7. The van der Waals surface area contributed by atoms with Gasteiger partial charge in [0, 0.05) is 53.0 Å². The molecule has 0 saturated heterocycles. The van der Waals surface area contributed by atoms with Crippen molar-refractivity contribution in [1.29, 1.82) is 0 Å². The predicted molar refractivity (Wildman–Crippen MR) is 199 cm³/mol. The van der Waals surface area contributed by atoms with Crippen LogP contribution in [0.4, 0.5) is 4.79 Å². The van der Waals surface area contributed by atoms with E-state index in [0.717, 1.165) is 44.2 Å². The standard InChI is InChI=1S/C40H44N6O7/c1-40(2,3)53-39(51)46-23-33-28(27-15-9-11-17-30(27)43-33)20-34(46)37(49)42-22-35(47)44-31(18-24-12-6-5-7-13-24)36(48)45-32(38(50)52-4)19-25-21-41-29-16-10-8-14-26(25)29/h5-17,21,31-32,34,41,43H,18-20,22-23H2,1-4H3,(H,42,49)(H,44,47)(H,45,48)/t31-,32-,34-/m0/s1. The highest BCUT2D eigenvalue weighted by molar-refractivity contribution is 5.95. The van der Waals surface area contributed by atoms with Crippen LogP contribution < -0.4 is 16.0 Å². The first kappa shape index (κ1) is 36.7. The number of methoxy groups -OCH3 is 1. The third-order valence-corrected chi connectivity index (χ3v) is 9.19. The first-order chi connectivity index (χ1) is 25.4. The summed E-state index contributed by atoms with van der Waals surface area (Å²) >= 11 is 0. The zero-order valence-corrected chi connectivity index (χ0v) is 30.2. The maximum Gasteiger partial charge on any atom is 0.411 e. The number of amides is 4. The number of carbonyl (C=O) groups excluding carboxylic acids is 5. The molecule has 2 aromatic heterocycles. The number of para-hydroxylation sites is 2. The van der Waals surface area contributed by atoms with Gasteiger partial charge in [0.1, 0.15) is 23.7 Å². The number of ether oxygens (including phenoxy) is 2. The van der Waals surface area contributed by atoms with Gasteiger partial charge in [-0.25, -0.2) is 9.59 Å². The quantitative estimate of drug-likeness (QED) is 0.128. The fraction of sp³-hybridized carbons (Fsp3) is 0.325. The third-order valence-electron chi connectivity index (χ3n) is 9.19. The van der Waals surface area contributed by atoms with Gasteiger partial charge in [-0.2, -0.15) is 0 Å². The number of H-pyrrole nitrogens is 2. The van der Waals surface area contributed by atoms with Crippen LogP contribution in [-0.2, 0) is 54.5 Å². The van der Waals surface area contributed by atoms with Crippen molar-refractivity contribution in [2.24, 2.45) is 0 Å². The van der Waals surface area contributed by atoms with E-state index in [0.29, 0.717) is 0 Å². The number of fused-ring (bicyclic) bond motifs is 4. The number of hydrogen-bond acceptors (Lipinski definition) is 7. The van der Waals surface area contributed by atoms with Crippen molar-refractivity contribution in [3.05, 3.63) is 107 Å². The van der Waals surface area contributed by atoms with Crippen molar-refractivity contribution in [1.82, 2.24) is 30.8 Å². The number of nitrogens with zero attached hydrogens (tertiary/aromatic N) is 1. The summed E-state index contributed by atoms with van der Waals surface area (Å²) in [6.45, 7) is 4.90. The number of nitrogens with one attached hydrogen (secondary N) is 5. The van der Waals surface area contributed by atoms with E-state index in [1.54, 1.807) is 27.0 Å². The van der Waals surface area contributed by atoms with Crippen LogP contribution in [0.3, 0.4) is 0 Å². The Kier molecular flexibility index (Phi) is 10.8. The number of benzene rings is 3. The molecular formula is C40H44N6O7. The van der Waals surface area contributed by atoms with E-state index in [-0.39, 0.29) is 25.8 Å². The monoisotopic (exact) mass is 720 g/mol. The number of aromatic amines is 2. The van der Waals surface area contributed by atoms with Crippen molar-refractivity contribution in [3.63, 3.8) is 0 Å². The van der Waals surface area contributed by atoms with Crippen molar-refractivity contribution in [2.75, 3.05) is 13.7 Å². The van der Waals surface area contributed by atoms with Gasteiger partial charge in [-0.05, 0) is 49.6 Å². The van der Waals surface area contributed by atoms with E-state index in [9.17, 15) is 24.0 Å². The maximum absolute atomic E-state index is 13.8. The van der Waals surface area contributed by atoms with Gasteiger partial charge in [0.15, 0.2) is 0 Å². The number of hydrogen-bond donors (Lipinski definition) is 5. The minimum Gasteiger partial charge on any atom is -0.467 e. The van der Waals surface area contributed by atoms with Gasteiger partial charge in [0.25, 0.3) is 0 Å². The van der Waals surface area contributed by atoms with Gasteiger partial charge < -0.3 is 35.4 Å². The molecule has 0 aliphatic carbocycles. The highest BCUT2D eigenvalue weighted by atomic mass is 16.6. The summed E-state index contributed by atoms with van der Waals surface area (Å²) in [7, 11) is 1.25. The molecule has 13 heteroatoms. The van der Waals surface area contributed by atoms with E-state index < -0.39 is 60.1 Å². The molecule has 6 rings (SSSR count). The van der Waals surface area contributed by atoms with Crippen molar-refractivity contribution in [2.45, 2.75) is 70.3 Å². The number of aromatic nitrogens is 2. The largest absolute Gasteiger partial charge is 0.467 e.